The van der Waals surface area contributed by atoms with Gasteiger partial charge in [0.2, 0.25) is 0 Å². The summed E-state index contributed by atoms with van der Waals surface area (Å²) in [6, 6.07) is 8.14. The van der Waals surface area contributed by atoms with Crippen LogP contribution >= 0.6 is 0 Å². The lowest BCUT2D eigenvalue weighted by Gasteiger charge is -2.28. The maximum absolute atomic E-state index is 12.0. The van der Waals surface area contributed by atoms with Crippen LogP contribution in [0.5, 0.6) is 0 Å². The van der Waals surface area contributed by atoms with E-state index in [1.807, 2.05) is 25.2 Å². The lowest BCUT2D eigenvalue weighted by Crippen LogP contribution is -2.31. The van der Waals surface area contributed by atoms with Gasteiger partial charge in [-0.25, -0.2) is 0 Å². The van der Waals surface area contributed by atoms with E-state index in [1.54, 1.807) is 4.57 Å². The van der Waals surface area contributed by atoms with Crippen LogP contribution in [0.4, 0.5) is 0 Å². The van der Waals surface area contributed by atoms with Crippen molar-refractivity contribution in [1.82, 2.24) is 4.57 Å². The minimum atomic E-state index is 0.183. The Hall–Kier alpha value is -1.57. The number of nitrogens with zero attached hydrogens (tertiary/aromatic N) is 1. The van der Waals surface area contributed by atoms with Crippen molar-refractivity contribution >= 4 is 10.9 Å². The largest absolute Gasteiger partial charge is 0.311 e. The number of hydrogen-bond donors (Lipinski definition) is 0. The van der Waals surface area contributed by atoms with Crippen LogP contribution in [0.1, 0.15) is 24.0 Å². The number of aryl methyl sites for hydroxylation is 1. The van der Waals surface area contributed by atoms with E-state index in [1.165, 1.54) is 10.9 Å². The van der Waals surface area contributed by atoms with E-state index in [2.05, 4.69) is 13.0 Å². The molecule has 3 rings (SSSR count). The fourth-order valence-electron chi connectivity index (χ4n) is 2.59. The summed E-state index contributed by atoms with van der Waals surface area (Å²) in [7, 11) is 1.86. The first kappa shape index (κ1) is 8.72. The molecular weight excluding hydrogens is 186 g/mol. The van der Waals surface area contributed by atoms with E-state index in [9.17, 15) is 4.79 Å². The zero-order valence-electron chi connectivity index (χ0n) is 8.95. The van der Waals surface area contributed by atoms with Crippen LogP contribution in [0.3, 0.4) is 0 Å². The molecule has 1 aliphatic carbocycles. The maximum Gasteiger partial charge on any atom is 0.254 e. The predicted molar refractivity (Wildman–Crippen MR) is 61.3 cm³/mol. The molecule has 1 atom stereocenters. The second-order valence-electron chi connectivity index (χ2n) is 4.38. The van der Waals surface area contributed by atoms with Crippen molar-refractivity contribution in [2.24, 2.45) is 7.05 Å². The Morgan fingerprint density at radius 1 is 1.33 bits per heavy atom. The molecule has 0 N–H and O–H groups in total. The van der Waals surface area contributed by atoms with Crippen molar-refractivity contribution < 1.29 is 0 Å². The summed E-state index contributed by atoms with van der Waals surface area (Å²) in [5, 5.41) is 1.24. The molecule has 1 heterocycles. The second kappa shape index (κ2) is 2.72. The number of benzene rings is 1. The van der Waals surface area contributed by atoms with E-state index in [4.69, 9.17) is 0 Å². The Bertz CT molecular complexity index is 610. The third kappa shape index (κ3) is 0.965. The summed E-state index contributed by atoms with van der Waals surface area (Å²) >= 11 is 0. The van der Waals surface area contributed by atoms with E-state index < -0.39 is 0 Å². The van der Waals surface area contributed by atoms with Crippen molar-refractivity contribution in [3.8, 4) is 0 Å². The molecule has 0 spiro atoms. The van der Waals surface area contributed by atoms with Crippen LogP contribution in [0.15, 0.2) is 29.1 Å². The molecule has 0 saturated heterocycles. The lowest BCUT2D eigenvalue weighted by molar-refractivity contribution is 0.645. The molecule has 0 amide bonds. The topological polar surface area (TPSA) is 22.0 Å². The molecule has 76 valence electrons. The first-order valence-electron chi connectivity index (χ1n) is 5.30. The Balaban J connectivity index is 2.55. The summed E-state index contributed by atoms with van der Waals surface area (Å²) in [6.45, 7) is 2.12. The molecule has 0 bridgehead atoms. The minimum absolute atomic E-state index is 0.183. The van der Waals surface area contributed by atoms with Crippen molar-refractivity contribution in [3.63, 3.8) is 0 Å². The van der Waals surface area contributed by atoms with Gasteiger partial charge in [-0.15, -0.1) is 0 Å². The Morgan fingerprint density at radius 3 is 2.80 bits per heavy atom. The molecule has 1 aromatic carbocycles. The molecular formula is C13H13NO. The lowest BCUT2D eigenvalue weighted by atomic mass is 9.78. The van der Waals surface area contributed by atoms with E-state index >= 15 is 0 Å². The van der Waals surface area contributed by atoms with Gasteiger partial charge in [-0.2, -0.15) is 0 Å². The third-order valence-corrected chi connectivity index (χ3v) is 3.45. The first-order chi connectivity index (χ1) is 7.20. The van der Waals surface area contributed by atoms with Gasteiger partial charge in [0, 0.05) is 18.0 Å². The van der Waals surface area contributed by atoms with Crippen LogP contribution in [0.25, 0.3) is 10.9 Å². The number of rotatable bonds is 0. The molecule has 0 radical (unpaired) electrons. The highest BCUT2D eigenvalue weighted by Crippen LogP contribution is 2.36. The zero-order chi connectivity index (χ0) is 10.6. The number of pyridine rings is 1. The average Bonchev–Trinajstić information content (AvgIpc) is 2.23. The highest BCUT2D eigenvalue weighted by Gasteiger charge is 2.28. The quantitative estimate of drug-likeness (QED) is 0.637. The molecule has 0 fully saturated rings. The summed E-state index contributed by atoms with van der Waals surface area (Å²) in [4.78, 5) is 12.0. The van der Waals surface area contributed by atoms with Crippen molar-refractivity contribution in [1.29, 1.82) is 0 Å². The van der Waals surface area contributed by atoms with Crippen LogP contribution in [-0.4, -0.2) is 4.57 Å². The van der Waals surface area contributed by atoms with Gasteiger partial charge < -0.3 is 4.57 Å². The van der Waals surface area contributed by atoms with E-state index in [0.717, 1.165) is 17.5 Å². The van der Waals surface area contributed by atoms with Gasteiger partial charge in [-0.05, 0) is 24.0 Å². The van der Waals surface area contributed by atoms with E-state index in [-0.39, 0.29) is 5.56 Å². The monoisotopic (exact) mass is 199 g/mol. The summed E-state index contributed by atoms with van der Waals surface area (Å²) in [6.07, 6.45) is 1.05. The van der Waals surface area contributed by atoms with Crippen LogP contribution in [0, 0.1) is 0 Å². The van der Waals surface area contributed by atoms with Gasteiger partial charge in [0.25, 0.3) is 5.56 Å². The second-order valence-corrected chi connectivity index (χ2v) is 4.38. The van der Waals surface area contributed by atoms with Crippen molar-refractivity contribution in [2.75, 3.05) is 0 Å². The third-order valence-electron chi connectivity index (χ3n) is 3.45. The first-order valence-corrected chi connectivity index (χ1v) is 5.30. The molecule has 1 aromatic heterocycles. The smallest absolute Gasteiger partial charge is 0.254 e. The average molecular weight is 199 g/mol. The van der Waals surface area contributed by atoms with Gasteiger partial charge in [0.15, 0.2) is 0 Å². The highest BCUT2D eigenvalue weighted by atomic mass is 16.1. The standard InChI is InChI=1S/C13H13NO/c1-8-7-10-9-5-3-4-6-11(9)14(2)13(15)12(8)10/h3-6,8H,7H2,1-2H3. The van der Waals surface area contributed by atoms with Gasteiger partial charge in [-0.3, -0.25) is 4.79 Å². The van der Waals surface area contributed by atoms with Gasteiger partial charge in [0.05, 0.1) is 5.52 Å². The Kier molecular flexibility index (Phi) is 1.58. The predicted octanol–water partition coefficient (Wildman–Crippen LogP) is 2.20. The van der Waals surface area contributed by atoms with Gasteiger partial charge in [-0.1, -0.05) is 25.1 Å². The molecule has 2 heteroatoms. The fraction of sp³-hybridized carbons (Fsp3) is 0.308. The van der Waals surface area contributed by atoms with E-state index in [0.29, 0.717) is 5.92 Å². The molecule has 0 saturated carbocycles. The SMILES string of the molecule is CC1Cc2c1c(=O)n(C)c1ccccc21. The molecule has 0 aliphatic heterocycles. The molecule has 2 nitrogen and oxygen atoms in total. The van der Waals surface area contributed by atoms with Gasteiger partial charge >= 0.3 is 0 Å². The summed E-state index contributed by atoms with van der Waals surface area (Å²) in [5.41, 5.74) is 3.52. The molecule has 1 unspecified atom stereocenters. The zero-order valence-corrected chi connectivity index (χ0v) is 8.95. The van der Waals surface area contributed by atoms with Crippen molar-refractivity contribution in [2.45, 2.75) is 19.3 Å². The minimum Gasteiger partial charge on any atom is -0.311 e. The van der Waals surface area contributed by atoms with Crippen LogP contribution in [0.2, 0.25) is 0 Å². The molecule has 1 aliphatic rings. The summed E-state index contributed by atoms with van der Waals surface area (Å²) in [5.74, 6) is 0.434. The summed E-state index contributed by atoms with van der Waals surface area (Å²) < 4.78 is 1.77. The number of para-hydroxylation sites is 1. The van der Waals surface area contributed by atoms with Gasteiger partial charge in [0.1, 0.15) is 0 Å². The highest BCUT2D eigenvalue weighted by molar-refractivity contribution is 5.85. The number of fused-ring (bicyclic) bond motifs is 3. The molecule has 2 aromatic rings. The Labute approximate surface area is 88.2 Å². The fourth-order valence-corrected chi connectivity index (χ4v) is 2.59. The number of hydrogen-bond acceptors (Lipinski definition) is 1. The van der Waals surface area contributed by atoms with Crippen LogP contribution < -0.4 is 5.56 Å². The van der Waals surface area contributed by atoms with Crippen molar-refractivity contribution in [3.05, 3.63) is 45.7 Å². The maximum atomic E-state index is 12.0. The molecule has 15 heavy (non-hydrogen) atoms. The van der Waals surface area contributed by atoms with Crippen LogP contribution in [-0.2, 0) is 13.5 Å². The number of aromatic nitrogens is 1. The normalized spacial score (nSPS) is 18.7. The Morgan fingerprint density at radius 2 is 2.07 bits per heavy atom.